The van der Waals surface area contributed by atoms with Gasteiger partial charge in [0.15, 0.2) is 5.76 Å². The minimum absolute atomic E-state index is 0.0827. The van der Waals surface area contributed by atoms with Gasteiger partial charge in [-0.2, -0.15) is 5.10 Å². The van der Waals surface area contributed by atoms with Crippen molar-refractivity contribution in [3.05, 3.63) is 48.4 Å². The van der Waals surface area contributed by atoms with Gasteiger partial charge in [-0.25, -0.2) is 0 Å². The molecule has 0 saturated carbocycles. The molecule has 3 atom stereocenters. The van der Waals surface area contributed by atoms with Gasteiger partial charge < -0.3 is 24.5 Å². The third-order valence-corrected chi connectivity index (χ3v) is 6.47. The predicted molar refractivity (Wildman–Crippen MR) is 138 cm³/mol. The Kier molecular flexibility index (Phi) is 8.28. The molecular formula is C26H35N5O3. The number of aliphatic hydroxyl groups excluding tert-OH is 1. The molecule has 4 rings (SSSR count). The first-order valence-electron chi connectivity index (χ1n) is 11.6. The molecule has 34 heavy (non-hydrogen) atoms. The molecule has 3 N–H and O–H groups in total. The summed E-state index contributed by atoms with van der Waals surface area (Å²) < 4.78 is 6.24. The van der Waals surface area contributed by atoms with Crippen LogP contribution < -0.4 is 5.32 Å². The van der Waals surface area contributed by atoms with Gasteiger partial charge in [-0.15, -0.1) is 0 Å². The van der Waals surface area contributed by atoms with Gasteiger partial charge >= 0.3 is 0 Å². The number of aryl methyl sites for hydroxylation is 1. The minimum Gasteiger partial charge on any atom is -0.452 e. The van der Waals surface area contributed by atoms with Crippen LogP contribution in [-0.2, 0) is 4.79 Å². The number of anilines is 1. The Morgan fingerprint density at radius 2 is 2.18 bits per heavy atom. The summed E-state index contributed by atoms with van der Waals surface area (Å²) in [6.45, 7) is 13.3. The number of nitrogens with one attached hydrogen (secondary N) is 2. The maximum Gasteiger partial charge on any atom is 0.176 e. The fourth-order valence-electron chi connectivity index (χ4n) is 4.16. The Hall–Kier alpha value is -3.39. The van der Waals surface area contributed by atoms with Crippen LogP contribution in [0.4, 0.5) is 11.5 Å². The Balaban J connectivity index is 0.00000158. The zero-order valence-corrected chi connectivity index (χ0v) is 20.6. The van der Waals surface area contributed by atoms with E-state index in [1.165, 1.54) is 0 Å². The van der Waals surface area contributed by atoms with Crippen molar-refractivity contribution in [1.82, 2.24) is 15.1 Å². The monoisotopic (exact) mass is 465 g/mol. The standard InChI is InChI=1S/C25H31N5O2.CH4O/c1-6-15(2)17(4)27-23-21-9-7-8-10-22(21)32-24(23)18(5)30-13-19(11-20(30)14-31)28-25-16(3)12-26-29-25;1-2/h7-10,12,14-15,19-20H,5-6,11,13H2,1-4H3,(H2,26,28,29);2H,1H3. The number of hydrogen-bond acceptors (Lipinski definition) is 7. The van der Waals surface area contributed by atoms with Crippen molar-refractivity contribution in [2.24, 2.45) is 10.9 Å². The number of fused-ring (bicyclic) bond motifs is 1. The molecule has 1 fully saturated rings. The summed E-state index contributed by atoms with van der Waals surface area (Å²) in [6.07, 6.45) is 4.46. The zero-order chi connectivity index (χ0) is 24.8. The predicted octanol–water partition coefficient (Wildman–Crippen LogP) is 4.94. The van der Waals surface area contributed by atoms with E-state index in [2.05, 4.69) is 42.9 Å². The fraction of sp³-hybridized carbons (Fsp3) is 0.423. The van der Waals surface area contributed by atoms with E-state index in [9.17, 15) is 4.79 Å². The van der Waals surface area contributed by atoms with E-state index in [0.29, 0.717) is 30.3 Å². The molecule has 8 heteroatoms. The van der Waals surface area contributed by atoms with Crippen LogP contribution in [0.5, 0.6) is 0 Å². The third kappa shape index (κ3) is 5.07. The van der Waals surface area contributed by atoms with E-state index in [1.807, 2.05) is 36.1 Å². The van der Waals surface area contributed by atoms with Crippen molar-refractivity contribution in [2.45, 2.75) is 52.6 Å². The number of para-hydroxylation sites is 1. The summed E-state index contributed by atoms with van der Waals surface area (Å²) >= 11 is 0. The molecule has 1 saturated heterocycles. The van der Waals surface area contributed by atoms with Crippen LogP contribution in [0.3, 0.4) is 0 Å². The van der Waals surface area contributed by atoms with Crippen LogP contribution in [0, 0.1) is 12.8 Å². The minimum atomic E-state index is -0.288. The summed E-state index contributed by atoms with van der Waals surface area (Å²) in [5.41, 5.74) is 4.33. The Morgan fingerprint density at radius 3 is 2.82 bits per heavy atom. The lowest BCUT2D eigenvalue weighted by atomic mass is 10.0. The second-order valence-electron chi connectivity index (χ2n) is 8.65. The molecule has 1 aliphatic rings. The number of H-pyrrole nitrogens is 1. The first-order chi connectivity index (χ1) is 16.4. The number of likely N-dealkylation sites (tertiary alicyclic amines) is 1. The van der Waals surface area contributed by atoms with Crippen LogP contribution in [0.25, 0.3) is 16.7 Å². The van der Waals surface area contributed by atoms with Crippen LogP contribution in [0.1, 0.15) is 44.9 Å². The third-order valence-electron chi connectivity index (χ3n) is 6.47. The molecule has 8 nitrogen and oxygen atoms in total. The van der Waals surface area contributed by atoms with Gasteiger partial charge in [0, 0.05) is 36.4 Å². The number of furan rings is 1. The summed E-state index contributed by atoms with van der Waals surface area (Å²) in [6, 6.07) is 7.69. The average molecular weight is 466 g/mol. The maximum atomic E-state index is 11.9. The van der Waals surface area contributed by atoms with E-state index < -0.39 is 0 Å². The normalized spacial score (nSPS) is 19.0. The average Bonchev–Trinajstić information content (AvgIpc) is 3.57. The Labute approximate surface area is 200 Å². The zero-order valence-electron chi connectivity index (χ0n) is 20.6. The first kappa shape index (κ1) is 25.2. The molecule has 1 aliphatic heterocycles. The number of rotatable bonds is 8. The van der Waals surface area contributed by atoms with Crippen LogP contribution in [-0.4, -0.2) is 57.9 Å². The highest BCUT2D eigenvalue weighted by Gasteiger charge is 2.35. The second kappa shape index (κ2) is 11.2. The van der Waals surface area contributed by atoms with Crippen molar-refractivity contribution in [3.63, 3.8) is 0 Å². The van der Waals surface area contributed by atoms with Gasteiger partial charge in [-0.05, 0) is 44.7 Å². The number of benzene rings is 1. The van der Waals surface area contributed by atoms with E-state index in [4.69, 9.17) is 14.5 Å². The number of carbonyl (C=O) groups excluding carboxylic acids is 1. The van der Waals surface area contributed by atoms with Gasteiger partial charge in [-0.3, -0.25) is 10.1 Å². The number of nitrogens with zero attached hydrogens (tertiary/aromatic N) is 3. The lowest BCUT2D eigenvalue weighted by molar-refractivity contribution is -0.110. The molecule has 2 aromatic heterocycles. The molecule has 0 bridgehead atoms. The molecule has 3 aromatic rings. The highest BCUT2D eigenvalue weighted by molar-refractivity contribution is 5.99. The molecule has 0 spiro atoms. The van der Waals surface area contributed by atoms with Crippen LogP contribution >= 0.6 is 0 Å². The van der Waals surface area contributed by atoms with E-state index >= 15 is 0 Å². The molecule has 3 heterocycles. The van der Waals surface area contributed by atoms with Crippen LogP contribution in [0.2, 0.25) is 0 Å². The topological polar surface area (TPSA) is 107 Å². The van der Waals surface area contributed by atoms with Crippen molar-refractivity contribution in [1.29, 1.82) is 0 Å². The maximum absolute atomic E-state index is 11.9. The van der Waals surface area contributed by atoms with Crippen molar-refractivity contribution in [3.8, 4) is 0 Å². The molecule has 0 radical (unpaired) electrons. The summed E-state index contributed by atoms with van der Waals surface area (Å²) in [7, 11) is 1.00. The molecule has 3 unspecified atom stereocenters. The van der Waals surface area contributed by atoms with E-state index in [0.717, 1.165) is 53.6 Å². The van der Waals surface area contributed by atoms with E-state index in [-0.39, 0.29) is 12.1 Å². The lowest BCUT2D eigenvalue weighted by Crippen LogP contribution is -2.29. The van der Waals surface area contributed by atoms with E-state index in [1.54, 1.807) is 6.20 Å². The highest BCUT2D eigenvalue weighted by atomic mass is 16.3. The number of aldehydes is 1. The Bertz CT molecular complexity index is 1160. The number of aliphatic imine (C=N–C) groups is 1. The van der Waals surface area contributed by atoms with Crippen LogP contribution in [0.15, 0.2) is 46.5 Å². The summed E-state index contributed by atoms with van der Waals surface area (Å²) in [5, 5.41) is 18.5. The van der Waals surface area contributed by atoms with Gasteiger partial charge in [0.25, 0.3) is 0 Å². The Morgan fingerprint density at radius 1 is 1.44 bits per heavy atom. The van der Waals surface area contributed by atoms with Crippen molar-refractivity contribution < 1.29 is 14.3 Å². The summed E-state index contributed by atoms with van der Waals surface area (Å²) in [5.74, 6) is 1.87. The molecular weight excluding hydrogens is 430 g/mol. The first-order valence-corrected chi connectivity index (χ1v) is 11.6. The lowest BCUT2D eigenvalue weighted by Gasteiger charge is -2.24. The van der Waals surface area contributed by atoms with Gasteiger partial charge in [0.05, 0.1) is 17.9 Å². The SMILES string of the molecule is C=C(c1oc2ccccc2c1N=C(C)C(C)CC)N1CC(Nc2[nH]ncc2C)CC1C=O.CO. The molecule has 1 aromatic carbocycles. The summed E-state index contributed by atoms with van der Waals surface area (Å²) in [4.78, 5) is 18.9. The second-order valence-corrected chi connectivity index (χ2v) is 8.65. The fourth-order valence-corrected chi connectivity index (χ4v) is 4.16. The molecule has 182 valence electrons. The number of aromatic amines is 1. The quantitative estimate of drug-likeness (QED) is 0.321. The van der Waals surface area contributed by atoms with Crippen molar-refractivity contribution in [2.75, 3.05) is 19.0 Å². The van der Waals surface area contributed by atoms with Crippen molar-refractivity contribution >= 4 is 40.2 Å². The van der Waals surface area contributed by atoms with Gasteiger partial charge in [0.2, 0.25) is 0 Å². The van der Waals surface area contributed by atoms with Gasteiger partial charge in [-0.1, -0.05) is 32.6 Å². The van der Waals surface area contributed by atoms with Gasteiger partial charge in [0.1, 0.15) is 23.4 Å². The highest BCUT2D eigenvalue weighted by Crippen LogP contribution is 2.40. The number of aliphatic hydroxyl groups is 1. The number of aromatic nitrogens is 2. The largest absolute Gasteiger partial charge is 0.452 e. The molecule has 0 aliphatic carbocycles. The smallest absolute Gasteiger partial charge is 0.176 e. The number of hydrogen-bond donors (Lipinski definition) is 3. The molecule has 0 amide bonds. The number of carbonyl (C=O) groups is 1.